The van der Waals surface area contributed by atoms with Gasteiger partial charge >= 0.3 is 0 Å². The third-order valence-electron chi connectivity index (χ3n) is 5.81. The Labute approximate surface area is 230 Å². The molecule has 0 atom stereocenters. The second-order valence-corrected chi connectivity index (χ2v) is 10.1. The number of carbonyl (C=O) groups excluding carboxylic acids is 1. The maximum absolute atomic E-state index is 12.8. The van der Waals surface area contributed by atoms with Crippen LogP contribution in [0.25, 0.3) is 11.4 Å². The molecule has 0 bridgehead atoms. The molecule has 0 saturated heterocycles. The Bertz CT molecular complexity index is 1380. The lowest BCUT2D eigenvalue weighted by Gasteiger charge is -2.12. The molecule has 2 heterocycles. The maximum Gasteiger partial charge on any atom is 0.253 e. The highest BCUT2D eigenvalue weighted by Crippen LogP contribution is 2.29. The number of hydrogen-bond acceptors (Lipinski definition) is 5. The van der Waals surface area contributed by atoms with Crippen molar-refractivity contribution in [2.24, 2.45) is 0 Å². The van der Waals surface area contributed by atoms with Crippen LogP contribution >= 0.6 is 34.5 Å². The summed E-state index contributed by atoms with van der Waals surface area (Å²) in [4.78, 5) is 17.6. The Hall–Kier alpha value is -3.26. The van der Waals surface area contributed by atoms with E-state index in [1.165, 1.54) is 16.9 Å². The summed E-state index contributed by atoms with van der Waals surface area (Å²) in [6, 6.07) is 15.0. The van der Waals surface area contributed by atoms with Gasteiger partial charge in [-0.25, -0.2) is 4.98 Å². The van der Waals surface area contributed by atoms with Gasteiger partial charge in [0.2, 0.25) is 0 Å². The van der Waals surface area contributed by atoms with Crippen LogP contribution < -0.4 is 14.8 Å². The standard InChI is InChI=1S/C28H27Cl2N3O3S/c1-4-10-31-28(34)24-15-26(33(18(24)2)11-9-19-5-7-22(35-3)8-6-19)25-17-37-27(32-25)16-36-23-13-20(29)12-21(30)14-23/h4-8,12-15,17H,1,9-11,16H2,2-3H3,(H,31,34). The molecule has 0 spiro atoms. The average molecular weight is 557 g/mol. The normalized spacial score (nSPS) is 10.8. The van der Waals surface area contributed by atoms with E-state index in [2.05, 4.69) is 28.6 Å². The van der Waals surface area contributed by atoms with E-state index in [1.807, 2.05) is 30.5 Å². The molecule has 1 amide bonds. The van der Waals surface area contributed by atoms with Crippen LogP contribution in [0.4, 0.5) is 0 Å². The van der Waals surface area contributed by atoms with Crippen molar-refractivity contribution in [3.05, 3.63) is 98.4 Å². The summed E-state index contributed by atoms with van der Waals surface area (Å²) < 4.78 is 13.3. The molecule has 2 aromatic carbocycles. The highest BCUT2D eigenvalue weighted by molar-refractivity contribution is 7.09. The molecule has 0 aliphatic heterocycles. The first-order valence-corrected chi connectivity index (χ1v) is 13.3. The summed E-state index contributed by atoms with van der Waals surface area (Å²) in [7, 11) is 1.65. The van der Waals surface area contributed by atoms with E-state index >= 15 is 0 Å². The number of amides is 1. The Morgan fingerprint density at radius 1 is 1.14 bits per heavy atom. The number of nitrogens with zero attached hydrogens (tertiary/aromatic N) is 2. The number of methoxy groups -OCH3 is 1. The molecule has 0 saturated carbocycles. The van der Waals surface area contributed by atoms with Crippen molar-refractivity contribution in [2.75, 3.05) is 13.7 Å². The zero-order valence-corrected chi connectivity index (χ0v) is 22.9. The van der Waals surface area contributed by atoms with Crippen molar-refractivity contribution >= 4 is 40.4 Å². The van der Waals surface area contributed by atoms with Crippen molar-refractivity contribution in [2.45, 2.75) is 26.5 Å². The molecule has 9 heteroatoms. The van der Waals surface area contributed by atoms with Crippen molar-refractivity contribution in [3.8, 4) is 22.9 Å². The second kappa shape index (κ2) is 12.3. The number of carbonyl (C=O) groups is 1. The van der Waals surface area contributed by atoms with Crippen LogP contribution in [0.2, 0.25) is 10.0 Å². The molecule has 0 aliphatic rings. The number of halogens is 2. The van der Waals surface area contributed by atoms with Crippen LogP contribution in [0.1, 0.15) is 26.6 Å². The fourth-order valence-corrected chi connectivity index (χ4v) is 5.13. The van der Waals surface area contributed by atoms with E-state index in [-0.39, 0.29) is 12.5 Å². The minimum Gasteiger partial charge on any atom is -0.497 e. The lowest BCUT2D eigenvalue weighted by molar-refractivity contribution is 0.0957. The van der Waals surface area contributed by atoms with E-state index < -0.39 is 0 Å². The number of ether oxygens (including phenoxy) is 2. The van der Waals surface area contributed by atoms with Crippen molar-refractivity contribution in [1.82, 2.24) is 14.9 Å². The summed E-state index contributed by atoms with van der Waals surface area (Å²) in [5.41, 5.74) is 4.33. The van der Waals surface area contributed by atoms with Crippen molar-refractivity contribution in [3.63, 3.8) is 0 Å². The first-order chi connectivity index (χ1) is 17.9. The smallest absolute Gasteiger partial charge is 0.253 e. The minimum atomic E-state index is -0.140. The largest absolute Gasteiger partial charge is 0.497 e. The molecule has 4 aromatic rings. The number of benzene rings is 2. The monoisotopic (exact) mass is 555 g/mol. The quantitative estimate of drug-likeness (QED) is 0.203. The van der Waals surface area contributed by atoms with Crippen molar-refractivity contribution < 1.29 is 14.3 Å². The van der Waals surface area contributed by atoms with Crippen LogP contribution in [0.15, 0.2) is 66.6 Å². The van der Waals surface area contributed by atoms with Crippen LogP contribution in [-0.4, -0.2) is 29.1 Å². The summed E-state index contributed by atoms with van der Waals surface area (Å²) in [6.07, 6.45) is 2.45. The predicted octanol–water partition coefficient (Wildman–Crippen LogP) is 6.97. The average Bonchev–Trinajstić information content (AvgIpc) is 3.49. The van der Waals surface area contributed by atoms with Gasteiger partial charge in [0.15, 0.2) is 0 Å². The molecule has 1 N–H and O–H groups in total. The molecule has 37 heavy (non-hydrogen) atoms. The molecule has 0 radical (unpaired) electrons. The van der Waals surface area contributed by atoms with Crippen LogP contribution in [0, 0.1) is 6.92 Å². The molecule has 0 unspecified atom stereocenters. The number of hydrogen-bond donors (Lipinski definition) is 1. The lowest BCUT2D eigenvalue weighted by Crippen LogP contribution is -2.23. The maximum atomic E-state index is 12.8. The number of rotatable bonds is 11. The fourth-order valence-electron chi connectivity index (χ4n) is 3.92. The zero-order valence-electron chi connectivity index (χ0n) is 20.6. The first kappa shape index (κ1) is 26.8. The number of aromatic nitrogens is 2. The Kier molecular flexibility index (Phi) is 8.92. The summed E-state index contributed by atoms with van der Waals surface area (Å²) >= 11 is 13.6. The molecular formula is C28H27Cl2N3O3S. The van der Waals surface area contributed by atoms with Crippen LogP contribution in [0.3, 0.4) is 0 Å². The Balaban J connectivity index is 1.58. The van der Waals surface area contributed by atoms with E-state index in [0.29, 0.717) is 34.4 Å². The molecule has 0 fully saturated rings. The molecule has 4 rings (SSSR count). The van der Waals surface area contributed by atoms with Gasteiger partial charge in [-0.1, -0.05) is 41.4 Å². The highest BCUT2D eigenvalue weighted by atomic mass is 35.5. The van der Waals surface area contributed by atoms with Gasteiger partial charge in [-0.2, -0.15) is 0 Å². The predicted molar refractivity (Wildman–Crippen MR) is 150 cm³/mol. The Morgan fingerprint density at radius 3 is 2.54 bits per heavy atom. The summed E-state index contributed by atoms with van der Waals surface area (Å²) in [5, 5.41) is 6.67. The molecule has 0 aliphatic carbocycles. The lowest BCUT2D eigenvalue weighted by atomic mass is 10.1. The van der Waals surface area contributed by atoms with E-state index in [0.717, 1.165) is 34.3 Å². The van der Waals surface area contributed by atoms with Crippen LogP contribution in [-0.2, 0) is 19.6 Å². The molecular weight excluding hydrogens is 529 g/mol. The van der Waals surface area contributed by atoms with E-state index in [1.54, 1.807) is 31.4 Å². The second-order valence-electron chi connectivity index (χ2n) is 8.30. The summed E-state index contributed by atoms with van der Waals surface area (Å²) in [5.74, 6) is 1.26. The fraction of sp³-hybridized carbons (Fsp3) is 0.214. The summed E-state index contributed by atoms with van der Waals surface area (Å²) in [6.45, 7) is 7.00. The molecule has 6 nitrogen and oxygen atoms in total. The van der Waals surface area contributed by atoms with Gasteiger partial charge in [0.25, 0.3) is 5.91 Å². The molecule has 192 valence electrons. The number of nitrogens with one attached hydrogen (secondary N) is 1. The zero-order chi connectivity index (χ0) is 26.4. The highest BCUT2D eigenvalue weighted by Gasteiger charge is 2.20. The Morgan fingerprint density at radius 2 is 1.86 bits per heavy atom. The number of aryl methyl sites for hydroxylation is 1. The van der Waals surface area contributed by atoms with Gasteiger partial charge in [0.1, 0.15) is 23.1 Å². The van der Waals surface area contributed by atoms with Crippen molar-refractivity contribution in [1.29, 1.82) is 0 Å². The van der Waals surface area contributed by atoms with Gasteiger partial charge in [-0.15, -0.1) is 17.9 Å². The van der Waals surface area contributed by atoms with Gasteiger partial charge in [0.05, 0.1) is 24.1 Å². The van der Waals surface area contributed by atoms with Gasteiger partial charge in [-0.05, 0) is 55.3 Å². The van der Waals surface area contributed by atoms with E-state index in [4.69, 9.17) is 37.7 Å². The van der Waals surface area contributed by atoms with Gasteiger partial charge in [0, 0.05) is 34.2 Å². The van der Waals surface area contributed by atoms with Crippen LogP contribution in [0.5, 0.6) is 11.5 Å². The van der Waals surface area contributed by atoms with E-state index in [9.17, 15) is 4.79 Å². The SMILES string of the molecule is C=CCNC(=O)c1cc(-c2csc(COc3cc(Cl)cc(Cl)c3)n2)n(CCc2ccc(OC)cc2)c1C. The third kappa shape index (κ3) is 6.74. The van der Waals surface area contributed by atoms with Gasteiger partial charge in [-0.3, -0.25) is 4.79 Å². The minimum absolute atomic E-state index is 0.140. The third-order valence-corrected chi connectivity index (χ3v) is 7.07. The molecule has 2 aromatic heterocycles. The van der Waals surface area contributed by atoms with Gasteiger partial charge < -0.3 is 19.4 Å². The first-order valence-electron chi connectivity index (χ1n) is 11.6. The topological polar surface area (TPSA) is 65.4 Å². The number of thiazole rings is 1.